The number of carbonyl (C=O) groups is 1. The van der Waals surface area contributed by atoms with Gasteiger partial charge in [0.05, 0.1) is 0 Å². The van der Waals surface area contributed by atoms with E-state index in [4.69, 9.17) is 9.15 Å². The van der Waals surface area contributed by atoms with Crippen LogP contribution < -0.4 is 15.4 Å². The SMILES string of the molecule is CCNCc1ccccc1NC(=O)c1ccc(COc2ccc(C)cc2C)o1. The number of aryl methyl sites for hydroxylation is 2. The molecule has 0 saturated heterocycles. The van der Waals surface area contributed by atoms with Gasteiger partial charge in [-0.1, -0.05) is 42.8 Å². The van der Waals surface area contributed by atoms with Gasteiger partial charge in [0.1, 0.15) is 18.1 Å². The number of para-hydroxylation sites is 1. The zero-order valence-corrected chi connectivity index (χ0v) is 16.5. The minimum atomic E-state index is -0.276. The highest BCUT2D eigenvalue weighted by Gasteiger charge is 2.14. The second-order valence-corrected chi connectivity index (χ2v) is 6.72. The summed E-state index contributed by atoms with van der Waals surface area (Å²) < 4.78 is 11.5. The molecule has 3 aromatic rings. The van der Waals surface area contributed by atoms with Gasteiger partial charge in [0.15, 0.2) is 5.76 Å². The predicted octanol–water partition coefficient (Wildman–Crippen LogP) is 4.84. The number of furan rings is 1. The van der Waals surface area contributed by atoms with E-state index >= 15 is 0 Å². The van der Waals surface area contributed by atoms with Gasteiger partial charge >= 0.3 is 0 Å². The molecule has 146 valence electrons. The summed E-state index contributed by atoms with van der Waals surface area (Å²) >= 11 is 0. The van der Waals surface area contributed by atoms with E-state index in [9.17, 15) is 4.79 Å². The van der Waals surface area contributed by atoms with Gasteiger partial charge < -0.3 is 19.8 Å². The molecule has 5 heteroatoms. The molecule has 0 fully saturated rings. The molecule has 0 unspecified atom stereocenters. The first-order valence-electron chi connectivity index (χ1n) is 9.45. The fourth-order valence-electron chi connectivity index (χ4n) is 2.93. The van der Waals surface area contributed by atoms with Gasteiger partial charge in [-0.25, -0.2) is 0 Å². The van der Waals surface area contributed by atoms with Crippen LogP contribution in [-0.2, 0) is 13.2 Å². The Bertz CT molecular complexity index is 947. The minimum absolute atomic E-state index is 0.262. The molecule has 28 heavy (non-hydrogen) atoms. The lowest BCUT2D eigenvalue weighted by atomic mass is 10.1. The lowest BCUT2D eigenvalue weighted by Gasteiger charge is -2.10. The van der Waals surface area contributed by atoms with Crippen LogP contribution in [0.2, 0.25) is 0 Å². The Hall–Kier alpha value is -3.05. The molecule has 0 aliphatic carbocycles. The fraction of sp³-hybridized carbons (Fsp3) is 0.261. The van der Waals surface area contributed by atoms with Crippen molar-refractivity contribution in [2.24, 2.45) is 0 Å². The molecule has 0 aliphatic heterocycles. The fourth-order valence-corrected chi connectivity index (χ4v) is 2.93. The number of rotatable bonds is 8. The van der Waals surface area contributed by atoms with E-state index in [1.165, 1.54) is 5.56 Å². The molecule has 2 aromatic carbocycles. The average Bonchev–Trinajstić information content (AvgIpc) is 3.16. The van der Waals surface area contributed by atoms with Crippen molar-refractivity contribution >= 4 is 11.6 Å². The summed E-state index contributed by atoms with van der Waals surface area (Å²) in [6.45, 7) is 7.93. The van der Waals surface area contributed by atoms with Crippen molar-refractivity contribution in [3.63, 3.8) is 0 Å². The van der Waals surface area contributed by atoms with Gasteiger partial charge in [0.2, 0.25) is 0 Å². The Morgan fingerprint density at radius 1 is 1.07 bits per heavy atom. The number of hydrogen-bond acceptors (Lipinski definition) is 4. The van der Waals surface area contributed by atoms with Crippen molar-refractivity contribution < 1.29 is 13.9 Å². The van der Waals surface area contributed by atoms with E-state index in [1.807, 2.05) is 57.2 Å². The molecular weight excluding hydrogens is 352 g/mol. The first-order valence-corrected chi connectivity index (χ1v) is 9.45. The zero-order chi connectivity index (χ0) is 19.9. The quantitative estimate of drug-likeness (QED) is 0.589. The van der Waals surface area contributed by atoms with E-state index in [2.05, 4.69) is 16.7 Å². The molecule has 0 spiro atoms. The Morgan fingerprint density at radius 2 is 1.89 bits per heavy atom. The second kappa shape index (κ2) is 9.24. The van der Waals surface area contributed by atoms with Crippen molar-refractivity contribution in [1.82, 2.24) is 5.32 Å². The Labute approximate surface area is 165 Å². The maximum Gasteiger partial charge on any atom is 0.291 e. The average molecular weight is 378 g/mol. The van der Waals surface area contributed by atoms with Crippen LogP contribution in [0.1, 0.15) is 39.9 Å². The van der Waals surface area contributed by atoms with Gasteiger partial charge in [-0.3, -0.25) is 4.79 Å². The highest BCUT2D eigenvalue weighted by atomic mass is 16.5. The first kappa shape index (κ1) is 19.7. The third-order valence-corrected chi connectivity index (χ3v) is 4.42. The van der Waals surface area contributed by atoms with E-state index < -0.39 is 0 Å². The molecule has 3 rings (SSSR count). The summed E-state index contributed by atoms with van der Waals surface area (Å²) in [7, 11) is 0. The number of anilines is 1. The van der Waals surface area contributed by atoms with E-state index in [1.54, 1.807) is 12.1 Å². The van der Waals surface area contributed by atoms with Gasteiger partial charge in [0, 0.05) is 12.2 Å². The standard InChI is InChI=1S/C23H26N2O3/c1-4-24-14-18-7-5-6-8-20(18)25-23(26)22-12-10-19(28-22)15-27-21-11-9-16(2)13-17(21)3/h5-13,24H,4,14-15H2,1-3H3,(H,25,26). The Morgan fingerprint density at radius 3 is 2.68 bits per heavy atom. The van der Waals surface area contributed by atoms with Crippen LogP contribution in [-0.4, -0.2) is 12.5 Å². The van der Waals surface area contributed by atoms with Crippen LogP contribution in [0, 0.1) is 13.8 Å². The third kappa shape index (κ3) is 5.02. The van der Waals surface area contributed by atoms with Crippen LogP contribution in [0.3, 0.4) is 0 Å². The predicted molar refractivity (Wildman–Crippen MR) is 111 cm³/mol. The summed E-state index contributed by atoms with van der Waals surface area (Å²) in [6.07, 6.45) is 0. The molecule has 1 aromatic heterocycles. The molecule has 0 bridgehead atoms. The van der Waals surface area contributed by atoms with Crippen LogP contribution in [0.4, 0.5) is 5.69 Å². The van der Waals surface area contributed by atoms with Gasteiger partial charge in [-0.15, -0.1) is 0 Å². The lowest BCUT2D eigenvalue weighted by Crippen LogP contribution is -2.16. The Balaban J connectivity index is 1.63. The summed E-state index contributed by atoms with van der Waals surface area (Å²) in [4.78, 5) is 12.6. The largest absolute Gasteiger partial charge is 0.485 e. The zero-order valence-electron chi connectivity index (χ0n) is 16.5. The Kier molecular flexibility index (Phi) is 6.50. The van der Waals surface area contributed by atoms with Gasteiger partial charge in [-0.05, 0) is 55.8 Å². The van der Waals surface area contributed by atoms with E-state index in [0.29, 0.717) is 12.3 Å². The molecule has 0 atom stereocenters. The number of benzene rings is 2. The van der Waals surface area contributed by atoms with E-state index in [0.717, 1.165) is 29.1 Å². The van der Waals surface area contributed by atoms with Crippen LogP contribution in [0.25, 0.3) is 0 Å². The normalized spacial score (nSPS) is 10.7. The van der Waals surface area contributed by atoms with Crippen LogP contribution in [0.15, 0.2) is 59.0 Å². The van der Waals surface area contributed by atoms with Crippen LogP contribution >= 0.6 is 0 Å². The molecule has 0 aliphatic rings. The third-order valence-electron chi connectivity index (χ3n) is 4.42. The van der Waals surface area contributed by atoms with Crippen molar-refractivity contribution in [3.8, 4) is 5.75 Å². The van der Waals surface area contributed by atoms with Gasteiger partial charge in [0.25, 0.3) is 5.91 Å². The highest BCUT2D eigenvalue weighted by Crippen LogP contribution is 2.21. The maximum atomic E-state index is 12.6. The van der Waals surface area contributed by atoms with Crippen molar-refractivity contribution in [2.75, 3.05) is 11.9 Å². The molecule has 1 heterocycles. The molecule has 2 N–H and O–H groups in total. The maximum absolute atomic E-state index is 12.6. The first-order chi connectivity index (χ1) is 13.6. The summed E-state index contributed by atoms with van der Waals surface area (Å²) in [5.74, 6) is 1.40. The number of ether oxygens (including phenoxy) is 1. The molecule has 0 saturated carbocycles. The number of carbonyl (C=O) groups excluding carboxylic acids is 1. The summed E-state index contributed by atoms with van der Waals surface area (Å²) in [5.41, 5.74) is 4.07. The molecule has 5 nitrogen and oxygen atoms in total. The summed E-state index contributed by atoms with van der Waals surface area (Å²) in [6, 6.07) is 17.2. The minimum Gasteiger partial charge on any atom is -0.485 e. The molecule has 1 amide bonds. The smallest absolute Gasteiger partial charge is 0.291 e. The lowest BCUT2D eigenvalue weighted by molar-refractivity contribution is 0.0992. The van der Waals surface area contributed by atoms with E-state index in [-0.39, 0.29) is 18.3 Å². The molecule has 0 radical (unpaired) electrons. The number of amides is 1. The van der Waals surface area contributed by atoms with Crippen molar-refractivity contribution in [3.05, 3.63) is 82.8 Å². The highest BCUT2D eigenvalue weighted by molar-refractivity contribution is 6.02. The topological polar surface area (TPSA) is 63.5 Å². The van der Waals surface area contributed by atoms with Crippen LogP contribution in [0.5, 0.6) is 5.75 Å². The number of hydrogen-bond donors (Lipinski definition) is 2. The monoisotopic (exact) mass is 378 g/mol. The second-order valence-electron chi connectivity index (χ2n) is 6.72. The van der Waals surface area contributed by atoms with Gasteiger partial charge in [-0.2, -0.15) is 0 Å². The van der Waals surface area contributed by atoms with Crippen molar-refractivity contribution in [2.45, 2.75) is 33.9 Å². The summed E-state index contributed by atoms with van der Waals surface area (Å²) in [5, 5.41) is 6.20. The van der Waals surface area contributed by atoms with Crippen molar-refractivity contribution in [1.29, 1.82) is 0 Å². The number of nitrogens with one attached hydrogen (secondary N) is 2. The molecular formula is C23H26N2O3.